The molecule has 2 amide bonds. The molecule has 0 N–H and O–H groups in total. The molecule has 3 nitrogen and oxygen atoms in total. The SMILES string of the molecule is CCC1CCCN(C(=O)N2CCC(C)CC2)C1. The molecule has 2 fully saturated rings. The number of hydrogen-bond acceptors (Lipinski definition) is 1. The molecule has 17 heavy (non-hydrogen) atoms. The Morgan fingerprint density at radius 1 is 1.12 bits per heavy atom. The topological polar surface area (TPSA) is 23.6 Å². The van der Waals surface area contributed by atoms with Crippen molar-refractivity contribution in [1.82, 2.24) is 9.80 Å². The van der Waals surface area contributed by atoms with Crippen molar-refractivity contribution in [2.24, 2.45) is 11.8 Å². The molecule has 0 saturated carbocycles. The van der Waals surface area contributed by atoms with Crippen LogP contribution < -0.4 is 0 Å². The summed E-state index contributed by atoms with van der Waals surface area (Å²) >= 11 is 0. The molecule has 2 saturated heterocycles. The summed E-state index contributed by atoms with van der Waals surface area (Å²) in [6.45, 7) is 8.42. The van der Waals surface area contributed by atoms with Gasteiger partial charge in [-0.1, -0.05) is 20.3 Å². The van der Waals surface area contributed by atoms with Gasteiger partial charge in [-0.15, -0.1) is 0 Å². The zero-order chi connectivity index (χ0) is 12.3. The molecule has 0 spiro atoms. The summed E-state index contributed by atoms with van der Waals surface area (Å²) < 4.78 is 0. The second-order valence-corrected chi connectivity index (χ2v) is 5.81. The van der Waals surface area contributed by atoms with E-state index in [1.165, 1.54) is 32.1 Å². The van der Waals surface area contributed by atoms with Crippen LogP contribution in [0.5, 0.6) is 0 Å². The first-order valence-electron chi connectivity index (χ1n) is 7.24. The van der Waals surface area contributed by atoms with E-state index < -0.39 is 0 Å². The van der Waals surface area contributed by atoms with Crippen LogP contribution >= 0.6 is 0 Å². The summed E-state index contributed by atoms with van der Waals surface area (Å²) in [7, 11) is 0. The molecule has 0 aromatic carbocycles. The monoisotopic (exact) mass is 238 g/mol. The Bertz CT molecular complexity index is 259. The summed E-state index contributed by atoms with van der Waals surface area (Å²) in [4.78, 5) is 16.5. The van der Waals surface area contributed by atoms with Crippen molar-refractivity contribution in [3.63, 3.8) is 0 Å². The number of rotatable bonds is 1. The fourth-order valence-electron chi connectivity index (χ4n) is 2.97. The van der Waals surface area contributed by atoms with E-state index >= 15 is 0 Å². The number of likely N-dealkylation sites (tertiary alicyclic amines) is 2. The van der Waals surface area contributed by atoms with Crippen LogP contribution in [0.2, 0.25) is 0 Å². The molecule has 98 valence electrons. The van der Waals surface area contributed by atoms with E-state index in [4.69, 9.17) is 0 Å². The van der Waals surface area contributed by atoms with E-state index in [0.717, 1.165) is 38.0 Å². The van der Waals surface area contributed by atoms with Crippen molar-refractivity contribution < 1.29 is 4.79 Å². The van der Waals surface area contributed by atoms with Gasteiger partial charge < -0.3 is 9.80 Å². The lowest BCUT2D eigenvalue weighted by molar-refractivity contribution is 0.114. The first kappa shape index (κ1) is 12.7. The van der Waals surface area contributed by atoms with Crippen molar-refractivity contribution in [3.8, 4) is 0 Å². The molecule has 0 radical (unpaired) electrons. The standard InChI is InChI=1S/C14H26N2O/c1-3-13-5-4-8-16(11-13)14(17)15-9-6-12(2)7-10-15/h12-13H,3-11H2,1-2H3. The van der Waals surface area contributed by atoms with E-state index in [1.807, 2.05) is 0 Å². The Morgan fingerprint density at radius 3 is 2.47 bits per heavy atom. The minimum Gasteiger partial charge on any atom is -0.325 e. The maximum atomic E-state index is 12.4. The average Bonchev–Trinajstić information content (AvgIpc) is 2.39. The molecule has 2 aliphatic rings. The highest BCUT2D eigenvalue weighted by Crippen LogP contribution is 2.22. The first-order valence-corrected chi connectivity index (χ1v) is 7.24. The van der Waals surface area contributed by atoms with Gasteiger partial charge in [0.25, 0.3) is 0 Å². The molecule has 2 heterocycles. The van der Waals surface area contributed by atoms with Crippen LogP contribution in [0.25, 0.3) is 0 Å². The molecule has 2 rings (SSSR count). The summed E-state index contributed by atoms with van der Waals surface area (Å²) in [5.74, 6) is 1.53. The van der Waals surface area contributed by atoms with Gasteiger partial charge in [-0.25, -0.2) is 4.79 Å². The smallest absolute Gasteiger partial charge is 0.320 e. The van der Waals surface area contributed by atoms with Crippen LogP contribution in [-0.4, -0.2) is 42.0 Å². The van der Waals surface area contributed by atoms with Crippen LogP contribution in [0, 0.1) is 11.8 Å². The number of hydrogen-bond donors (Lipinski definition) is 0. The predicted molar refractivity (Wildman–Crippen MR) is 70.0 cm³/mol. The van der Waals surface area contributed by atoms with Crippen LogP contribution in [0.4, 0.5) is 4.79 Å². The lowest BCUT2D eigenvalue weighted by atomic mass is 9.95. The lowest BCUT2D eigenvalue weighted by Gasteiger charge is -2.38. The highest BCUT2D eigenvalue weighted by molar-refractivity contribution is 5.74. The summed E-state index contributed by atoms with van der Waals surface area (Å²) in [5.41, 5.74) is 0. The Hall–Kier alpha value is -0.730. The quantitative estimate of drug-likeness (QED) is 0.689. The first-order chi connectivity index (χ1) is 8.20. The number of carbonyl (C=O) groups excluding carboxylic acids is 1. The van der Waals surface area contributed by atoms with Gasteiger partial charge >= 0.3 is 6.03 Å². The third kappa shape index (κ3) is 3.14. The maximum absolute atomic E-state index is 12.4. The van der Waals surface area contributed by atoms with Gasteiger partial charge in [0.15, 0.2) is 0 Å². The predicted octanol–water partition coefficient (Wildman–Crippen LogP) is 2.96. The summed E-state index contributed by atoms with van der Waals surface area (Å²) in [6, 6.07) is 0.301. The number of urea groups is 1. The maximum Gasteiger partial charge on any atom is 0.320 e. The van der Waals surface area contributed by atoms with Gasteiger partial charge in [-0.3, -0.25) is 0 Å². The van der Waals surface area contributed by atoms with Gasteiger partial charge in [-0.05, 0) is 37.5 Å². The Morgan fingerprint density at radius 2 is 1.82 bits per heavy atom. The van der Waals surface area contributed by atoms with Gasteiger partial charge in [0, 0.05) is 26.2 Å². The fraction of sp³-hybridized carbons (Fsp3) is 0.929. The van der Waals surface area contributed by atoms with Crippen LogP contribution in [0.1, 0.15) is 46.0 Å². The van der Waals surface area contributed by atoms with Crippen molar-refractivity contribution in [2.45, 2.75) is 46.0 Å². The van der Waals surface area contributed by atoms with E-state index in [9.17, 15) is 4.79 Å². The third-order valence-electron chi connectivity index (χ3n) is 4.42. The summed E-state index contributed by atoms with van der Waals surface area (Å²) in [5, 5.41) is 0. The molecule has 3 heteroatoms. The molecule has 1 unspecified atom stereocenters. The average molecular weight is 238 g/mol. The van der Waals surface area contributed by atoms with Crippen molar-refractivity contribution in [2.75, 3.05) is 26.2 Å². The van der Waals surface area contributed by atoms with Gasteiger partial charge in [0.1, 0.15) is 0 Å². The van der Waals surface area contributed by atoms with E-state index in [2.05, 4.69) is 23.6 Å². The molecule has 0 aliphatic carbocycles. The molecule has 0 aromatic rings. The third-order valence-corrected chi connectivity index (χ3v) is 4.42. The van der Waals surface area contributed by atoms with Gasteiger partial charge in [-0.2, -0.15) is 0 Å². The fourth-order valence-corrected chi connectivity index (χ4v) is 2.97. The largest absolute Gasteiger partial charge is 0.325 e. The zero-order valence-electron chi connectivity index (χ0n) is 11.3. The minimum absolute atomic E-state index is 0.301. The van der Waals surface area contributed by atoms with Crippen molar-refractivity contribution >= 4 is 6.03 Å². The van der Waals surface area contributed by atoms with E-state index in [0.29, 0.717) is 6.03 Å². The highest BCUT2D eigenvalue weighted by Gasteiger charge is 2.28. The van der Waals surface area contributed by atoms with Gasteiger partial charge in [0.05, 0.1) is 0 Å². The summed E-state index contributed by atoms with van der Waals surface area (Å²) in [6.07, 6.45) is 6.06. The Kier molecular flexibility index (Phi) is 4.30. The Balaban J connectivity index is 1.86. The second-order valence-electron chi connectivity index (χ2n) is 5.81. The van der Waals surface area contributed by atoms with Crippen LogP contribution in [0.15, 0.2) is 0 Å². The molecule has 1 atom stereocenters. The zero-order valence-corrected chi connectivity index (χ0v) is 11.3. The van der Waals surface area contributed by atoms with E-state index in [-0.39, 0.29) is 0 Å². The number of piperidine rings is 2. The number of nitrogens with zero attached hydrogens (tertiary/aromatic N) is 2. The van der Waals surface area contributed by atoms with Gasteiger partial charge in [0.2, 0.25) is 0 Å². The molecule has 0 aromatic heterocycles. The molecular weight excluding hydrogens is 212 g/mol. The highest BCUT2D eigenvalue weighted by atomic mass is 16.2. The second kappa shape index (κ2) is 5.74. The number of carbonyl (C=O) groups is 1. The minimum atomic E-state index is 0.301. The normalized spacial score (nSPS) is 27.3. The van der Waals surface area contributed by atoms with Crippen LogP contribution in [-0.2, 0) is 0 Å². The number of amides is 2. The van der Waals surface area contributed by atoms with Crippen molar-refractivity contribution in [3.05, 3.63) is 0 Å². The molecule has 0 bridgehead atoms. The molecule has 2 aliphatic heterocycles. The lowest BCUT2D eigenvalue weighted by Crippen LogP contribution is -2.49. The molecular formula is C14H26N2O. The van der Waals surface area contributed by atoms with Crippen LogP contribution in [0.3, 0.4) is 0 Å². The van der Waals surface area contributed by atoms with Crippen molar-refractivity contribution in [1.29, 1.82) is 0 Å². The van der Waals surface area contributed by atoms with E-state index in [1.54, 1.807) is 0 Å². The Labute approximate surface area is 105 Å².